The summed E-state index contributed by atoms with van der Waals surface area (Å²) in [4.78, 5) is 13.9. The molecule has 2 N–H and O–H groups in total. The molecule has 164 valence electrons. The van der Waals surface area contributed by atoms with Crippen LogP contribution in [0, 0.1) is 0 Å². The highest BCUT2D eigenvalue weighted by Gasteiger charge is 2.15. The minimum atomic E-state index is -0.989. The number of amides is 1. The third-order valence-electron chi connectivity index (χ3n) is 4.32. The van der Waals surface area contributed by atoms with Crippen molar-refractivity contribution in [3.8, 4) is 5.75 Å². The number of ether oxygens (including phenoxy) is 2. The average Bonchev–Trinajstić information content (AvgIpc) is 2.94. The Hall–Kier alpha value is -1.80. The number of hydrogen-bond acceptors (Lipinski definition) is 6. The first kappa shape index (κ1) is 23.5. The SMILES string of the molecule is CC(C)(C)OC(=O)NCCS(=O)CCCOc1ccc(N2CCCNCC2)cc1. The van der Waals surface area contributed by atoms with Crippen LogP contribution in [0.1, 0.15) is 33.6 Å². The second-order valence-electron chi connectivity index (χ2n) is 8.06. The summed E-state index contributed by atoms with van der Waals surface area (Å²) in [6.07, 6.45) is 1.39. The number of nitrogens with one attached hydrogen (secondary N) is 2. The van der Waals surface area contributed by atoms with E-state index in [2.05, 4.69) is 27.7 Å². The summed E-state index contributed by atoms with van der Waals surface area (Å²) >= 11 is 0. The van der Waals surface area contributed by atoms with Crippen LogP contribution in [0.4, 0.5) is 10.5 Å². The van der Waals surface area contributed by atoms with Crippen molar-refractivity contribution >= 4 is 22.6 Å². The van der Waals surface area contributed by atoms with Crippen LogP contribution in [0.25, 0.3) is 0 Å². The number of hydrogen-bond donors (Lipinski definition) is 2. The molecule has 1 unspecified atom stereocenters. The predicted octanol–water partition coefficient (Wildman–Crippen LogP) is 2.53. The molecule has 1 aliphatic rings. The summed E-state index contributed by atoms with van der Waals surface area (Å²) in [5, 5.41) is 6.04. The average molecular weight is 426 g/mol. The molecule has 1 atom stereocenters. The Morgan fingerprint density at radius 1 is 1.17 bits per heavy atom. The Kier molecular flexibility index (Phi) is 9.73. The maximum Gasteiger partial charge on any atom is 0.407 e. The lowest BCUT2D eigenvalue weighted by atomic mass is 10.2. The minimum absolute atomic E-state index is 0.343. The van der Waals surface area contributed by atoms with Gasteiger partial charge in [-0.05, 0) is 64.4 Å². The first-order chi connectivity index (χ1) is 13.8. The lowest BCUT2D eigenvalue weighted by Crippen LogP contribution is -2.34. The highest BCUT2D eigenvalue weighted by Crippen LogP contribution is 2.20. The van der Waals surface area contributed by atoms with Crippen LogP contribution in [0.15, 0.2) is 24.3 Å². The van der Waals surface area contributed by atoms with Gasteiger partial charge in [-0.25, -0.2) is 4.79 Å². The molecule has 29 heavy (non-hydrogen) atoms. The molecular weight excluding hydrogens is 390 g/mol. The molecule has 1 fully saturated rings. The van der Waals surface area contributed by atoms with Gasteiger partial charge in [0.2, 0.25) is 0 Å². The summed E-state index contributed by atoms with van der Waals surface area (Å²) in [5.74, 6) is 1.80. The smallest absolute Gasteiger partial charge is 0.407 e. The molecule has 1 heterocycles. The van der Waals surface area contributed by atoms with Crippen LogP contribution < -0.4 is 20.3 Å². The molecule has 2 rings (SSSR count). The van der Waals surface area contributed by atoms with E-state index in [9.17, 15) is 9.00 Å². The standard InChI is InChI=1S/C21H35N3O4S/c1-21(2,3)28-20(25)23-12-17-29(26)16-5-15-27-19-8-6-18(7-9-19)24-13-4-10-22-11-14-24/h6-9,22H,4-5,10-17H2,1-3H3,(H,23,25). The molecule has 0 aromatic heterocycles. The van der Waals surface area contributed by atoms with Crippen molar-refractivity contribution in [3.63, 3.8) is 0 Å². The number of alkyl carbamates (subject to hydrolysis) is 1. The fourth-order valence-electron chi connectivity index (χ4n) is 2.95. The third-order valence-corrected chi connectivity index (χ3v) is 5.73. The molecule has 1 aromatic rings. The molecule has 1 aliphatic heterocycles. The predicted molar refractivity (Wildman–Crippen MR) is 118 cm³/mol. The van der Waals surface area contributed by atoms with Gasteiger partial charge in [-0.15, -0.1) is 0 Å². The van der Waals surface area contributed by atoms with Crippen molar-refractivity contribution in [2.24, 2.45) is 0 Å². The largest absolute Gasteiger partial charge is 0.494 e. The van der Waals surface area contributed by atoms with Gasteiger partial charge in [0.15, 0.2) is 0 Å². The lowest BCUT2D eigenvalue weighted by Gasteiger charge is -2.22. The number of carbonyl (C=O) groups excluding carboxylic acids is 1. The molecule has 0 bridgehead atoms. The van der Waals surface area contributed by atoms with Crippen molar-refractivity contribution in [3.05, 3.63) is 24.3 Å². The van der Waals surface area contributed by atoms with E-state index in [4.69, 9.17) is 9.47 Å². The van der Waals surface area contributed by atoms with Crippen LogP contribution in [-0.4, -0.2) is 66.7 Å². The maximum absolute atomic E-state index is 12.0. The monoisotopic (exact) mass is 425 g/mol. The van der Waals surface area contributed by atoms with Gasteiger partial charge in [-0.1, -0.05) is 0 Å². The van der Waals surface area contributed by atoms with E-state index in [1.807, 2.05) is 32.9 Å². The Morgan fingerprint density at radius 3 is 2.66 bits per heavy atom. The molecule has 0 aliphatic carbocycles. The van der Waals surface area contributed by atoms with E-state index in [1.54, 1.807) is 0 Å². The zero-order valence-corrected chi connectivity index (χ0v) is 18.7. The fraction of sp³-hybridized carbons (Fsp3) is 0.667. The summed E-state index contributed by atoms with van der Waals surface area (Å²) in [7, 11) is -0.989. The molecule has 7 nitrogen and oxygen atoms in total. The van der Waals surface area contributed by atoms with Crippen molar-refractivity contribution in [2.45, 2.75) is 39.2 Å². The van der Waals surface area contributed by atoms with Gasteiger partial charge in [0, 0.05) is 54.2 Å². The summed E-state index contributed by atoms with van der Waals surface area (Å²) in [6.45, 7) is 10.5. The minimum Gasteiger partial charge on any atom is -0.494 e. The zero-order valence-electron chi connectivity index (χ0n) is 17.9. The Morgan fingerprint density at radius 2 is 1.93 bits per heavy atom. The van der Waals surface area contributed by atoms with Gasteiger partial charge in [0.1, 0.15) is 11.4 Å². The zero-order chi connectivity index (χ0) is 21.1. The normalized spacial score (nSPS) is 16.0. The van der Waals surface area contributed by atoms with Gasteiger partial charge in [0.05, 0.1) is 6.61 Å². The van der Waals surface area contributed by atoms with E-state index in [1.165, 1.54) is 5.69 Å². The second-order valence-corrected chi connectivity index (χ2v) is 9.76. The van der Waals surface area contributed by atoms with Crippen LogP contribution in [0.2, 0.25) is 0 Å². The van der Waals surface area contributed by atoms with Crippen molar-refractivity contribution in [1.82, 2.24) is 10.6 Å². The summed E-state index contributed by atoms with van der Waals surface area (Å²) in [6, 6.07) is 8.19. The topological polar surface area (TPSA) is 79.9 Å². The number of carbonyl (C=O) groups is 1. The first-order valence-corrected chi connectivity index (χ1v) is 11.8. The van der Waals surface area contributed by atoms with Gasteiger partial charge in [-0.3, -0.25) is 4.21 Å². The van der Waals surface area contributed by atoms with Crippen molar-refractivity contribution in [2.75, 3.05) is 55.7 Å². The van der Waals surface area contributed by atoms with Gasteiger partial charge >= 0.3 is 6.09 Å². The van der Waals surface area contributed by atoms with E-state index in [0.717, 1.165) is 38.3 Å². The first-order valence-electron chi connectivity index (χ1n) is 10.3. The summed E-state index contributed by atoms with van der Waals surface area (Å²) in [5.41, 5.74) is 0.697. The van der Waals surface area contributed by atoms with E-state index >= 15 is 0 Å². The highest BCUT2D eigenvalue weighted by molar-refractivity contribution is 7.84. The number of rotatable bonds is 9. The Balaban J connectivity index is 1.58. The number of benzene rings is 1. The number of anilines is 1. The van der Waals surface area contributed by atoms with Crippen molar-refractivity contribution in [1.29, 1.82) is 0 Å². The second kappa shape index (κ2) is 12.0. The van der Waals surface area contributed by atoms with E-state index in [-0.39, 0.29) is 0 Å². The maximum atomic E-state index is 12.0. The Bertz CT molecular complexity index is 638. The summed E-state index contributed by atoms with van der Waals surface area (Å²) < 4.78 is 22.9. The van der Waals surface area contributed by atoms with Crippen LogP contribution in [0.3, 0.4) is 0 Å². The molecule has 0 spiro atoms. The van der Waals surface area contributed by atoms with E-state index < -0.39 is 22.5 Å². The molecular formula is C21H35N3O4S. The molecule has 8 heteroatoms. The molecule has 1 aromatic carbocycles. The molecule has 1 saturated heterocycles. The fourth-order valence-corrected chi connectivity index (χ4v) is 3.92. The Labute approximate surface area is 177 Å². The quantitative estimate of drug-likeness (QED) is 0.592. The van der Waals surface area contributed by atoms with E-state index in [0.29, 0.717) is 31.1 Å². The van der Waals surface area contributed by atoms with Gasteiger partial charge < -0.3 is 25.0 Å². The lowest BCUT2D eigenvalue weighted by molar-refractivity contribution is 0.0531. The van der Waals surface area contributed by atoms with Crippen molar-refractivity contribution < 1.29 is 18.5 Å². The van der Waals surface area contributed by atoms with Crippen LogP contribution in [0.5, 0.6) is 5.75 Å². The molecule has 0 radical (unpaired) electrons. The van der Waals surface area contributed by atoms with Crippen LogP contribution in [-0.2, 0) is 15.5 Å². The third kappa shape index (κ3) is 9.99. The molecule has 0 saturated carbocycles. The number of nitrogens with zero attached hydrogens (tertiary/aromatic N) is 1. The molecule has 1 amide bonds. The van der Waals surface area contributed by atoms with Crippen LogP contribution >= 0.6 is 0 Å². The van der Waals surface area contributed by atoms with Gasteiger partial charge in [-0.2, -0.15) is 0 Å². The van der Waals surface area contributed by atoms with Gasteiger partial charge in [0.25, 0.3) is 0 Å². The highest BCUT2D eigenvalue weighted by atomic mass is 32.2.